The molecule has 23 heavy (non-hydrogen) atoms. The number of amides is 3. The van der Waals surface area contributed by atoms with Crippen molar-refractivity contribution in [2.24, 2.45) is 0 Å². The fourth-order valence-electron chi connectivity index (χ4n) is 2.89. The minimum absolute atomic E-state index is 0.142. The third kappa shape index (κ3) is 3.91. The third-order valence-corrected chi connectivity index (χ3v) is 4.22. The van der Waals surface area contributed by atoms with E-state index in [1.165, 1.54) is 12.3 Å². The summed E-state index contributed by atoms with van der Waals surface area (Å²) in [6.07, 6.45) is 5.44. The van der Waals surface area contributed by atoms with Crippen molar-refractivity contribution in [3.05, 3.63) is 24.2 Å². The summed E-state index contributed by atoms with van der Waals surface area (Å²) >= 11 is 0. The van der Waals surface area contributed by atoms with Gasteiger partial charge >= 0.3 is 0 Å². The van der Waals surface area contributed by atoms with Gasteiger partial charge in [-0.05, 0) is 31.9 Å². The summed E-state index contributed by atoms with van der Waals surface area (Å²) in [7, 11) is 1.56. The molecule has 3 amide bonds. The van der Waals surface area contributed by atoms with Gasteiger partial charge in [0.1, 0.15) is 11.6 Å². The zero-order chi connectivity index (χ0) is 16.9. The van der Waals surface area contributed by atoms with Crippen molar-refractivity contribution in [1.29, 1.82) is 0 Å². The molecule has 0 spiro atoms. The average molecular weight is 321 g/mol. The molecule has 1 aliphatic carbocycles. The summed E-state index contributed by atoms with van der Waals surface area (Å²) in [5.41, 5.74) is -0.881. The van der Waals surface area contributed by atoms with Gasteiger partial charge in [-0.1, -0.05) is 19.3 Å². The molecule has 1 atom stereocenters. The lowest BCUT2D eigenvalue weighted by atomic mass is 9.80. The van der Waals surface area contributed by atoms with E-state index in [1.807, 2.05) is 0 Å². The van der Waals surface area contributed by atoms with Gasteiger partial charge in [-0.3, -0.25) is 14.4 Å². The molecule has 2 rings (SSSR count). The topological polar surface area (TPSA) is 100 Å². The molecule has 0 aromatic carbocycles. The van der Waals surface area contributed by atoms with Gasteiger partial charge in [-0.15, -0.1) is 0 Å². The normalized spacial score (nSPS) is 17.8. The molecule has 7 nitrogen and oxygen atoms in total. The smallest absolute Gasteiger partial charge is 0.287 e. The molecule has 1 aliphatic rings. The van der Waals surface area contributed by atoms with Crippen molar-refractivity contribution in [3.63, 3.8) is 0 Å². The van der Waals surface area contributed by atoms with E-state index in [0.29, 0.717) is 12.8 Å². The highest BCUT2D eigenvalue weighted by atomic mass is 16.3. The summed E-state index contributed by atoms with van der Waals surface area (Å²) in [5.74, 6) is -0.885. The van der Waals surface area contributed by atoms with E-state index in [-0.39, 0.29) is 17.6 Å². The van der Waals surface area contributed by atoms with Gasteiger partial charge in [0.2, 0.25) is 11.8 Å². The molecule has 0 aliphatic heterocycles. The molecule has 7 heteroatoms. The Morgan fingerprint density at radius 1 is 1.22 bits per heavy atom. The zero-order valence-electron chi connectivity index (χ0n) is 13.5. The summed E-state index contributed by atoms with van der Waals surface area (Å²) in [6, 6.07) is 2.35. The van der Waals surface area contributed by atoms with Crippen molar-refractivity contribution in [1.82, 2.24) is 16.0 Å². The van der Waals surface area contributed by atoms with Crippen LogP contribution in [0.3, 0.4) is 0 Å². The first-order chi connectivity index (χ1) is 11.0. The number of furan rings is 1. The summed E-state index contributed by atoms with van der Waals surface area (Å²) in [4.78, 5) is 36.6. The Labute approximate surface area is 135 Å². The Kier molecular flexibility index (Phi) is 5.41. The summed E-state index contributed by atoms with van der Waals surface area (Å²) in [6.45, 7) is 1.58. The van der Waals surface area contributed by atoms with Gasteiger partial charge in [-0.2, -0.15) is 0 Å². The largest absolute Gasteiger partial charge is 0.459 e. The molecule has 1 fully saturated rings. The SMILES string of the molecule is CNC(=O)C1(NC(=O)C(C)NC(=O)c2ccco2)CCCCC1. The Balaban J connectivity index is 2.00. The van der Waals surface area contributed by atoms with Gasteiger partial charge in [0.15, 0.2) is 5.76 Å². The van der Waals surface area contributed by atoms with Crippen molar-refractivity contribution < 1.29 is 18.8 Å². The number of likely N-dealkylation sites (N-methyl/N-ethyl adjacent to an activating group) is 1. The van der Waals surface area contributed by atoms with Crippen LogP contribution in [0.1, 0.15) is 49.6 Å². The Bertz CT molecular complexity index is 562. The molecule has 1 aromatic heterocycles. The molecular formula is C16H23N3O4. The van der Waals surface area contributed by atoms with Crippen LogP contribution in [0.15, 0.2) is 22.8 Å². The molecule has 1 saturated carbocycles. The quantitative estimate of drug-likeness (QED) is 0.752. The van der Waals surface area contributed by atoms with Crippen LogP contribution in [0.5, 0.6) is 0 Å². The lowest BCUT2D eigenvalue weighted by Crippen LogP contribution is -2.62. The second kappa shape index (κ2) is 7.30. The number of nitrogens with one attached hydrogen (secondary N) is 3. The molecular weight excluding hydrogens is 298 g/mol. The molecule has 1 heterocycles. The highest BCUT2D eigenvalue weighted by molar-refractivity contribution is 5.97. The molecule has 3 N–H and O–H groups in total. The van der Waals surface area contributed by atoms with Crippen LogP contribution in [-0.2, 0) is 9.59 Å². The van der Waals surface area contributed by atoms with E-state index in [2.05, 4.69) is 16.0 Å². The van der Waals surface area contributed by atoms with Crippen LogP contribution >= 0.6 is 0 Å². The fourth-order valence-corrected chi connectivity index (χ4v) is 2.89. The zero-order valence-corrected chi connectivity index (χ0v) is 13.5. The third-order valence-electron chi connectivity index (χ3n) is 4.22. The molecule has 0 saturated heterocycles. The van der Waals surface area contributed by atoms with Gasteiger partial charge in [0.05, 0.1) is 6.26 Å². The molecule has 126 valence electrons. The lowest BCUT2D eigenvalue weighted by molar-refractivity contribution is -0.135. The first kappa shape index (κ1) is 17.1. The first-order valence-electron chi connectivity index (χ1n) is 7.87. The minimum atomic E-state index is -0.881. The molecule has 1 aromatic rings. The van der Waals surface area contributed by atoms with E-state index in [9.17, 15) is 14.4 Å². The summed E-state index contributed by atoms with van der Waals surface area (Å²) < 4.78 is 4.99. The van der Waals surface area contributed by atoms with Crippen LogP contribution in [0.4, 0.5) is 0 Å². The Morgan fingerprint density at radius 2 is 1.91 bits per heavy atom. The van der Waals surface area contributed by atoms with E-state index in [0.717, 1.165) is 19.3 Å². The van der Waals surface area contributed by atoms with Crippen LogP contribution < -0.4 is 16.0 Å². The molecule has 0 bridgehead atoms. The van der Waals surface area contributed by atoms with Crippen LogP contribution in [-0.4, -0.2) is 36.3 Å². The lowest BCUT2D eigenvalue weighted by Gasteiger charge is -2.37. The Hall–Kier alpha value is -2.31. The van der Waals surface area contributed by atoms with Gasteiger partial charge in [0.25, 0.3) is 5.91 Å². The number of carbonyl (C=O) groups excluding carboxylic acids is 3. The molecule has 1 unspecified atom stereocenters. The predicted octanol–water partition coefficient (Wildman–Crippen LogP) is 0.963. The van der Waals surface area contributed by atoms with E-state index in [1.54, 1.807) is 20.0 Å². The standard InChI is InChI=1S/C16H23N3O4/c1-11(18-14(21)12-7-6-10-23-12)13(20)19-16(15(22)17-2)8-4-3-5-9-16/h6-7,10-11H,3-5,8-9H2,1-2H3,(H,17,22)(H,18,21)(H,19,20). The maximum Gasteiger partial charge on any atom is 0.287 e. The average Bonchev–Trinajstić information content (AvgIpc) is 3.09. The molecule has 0 radical (unpaired) electrons. The Morgan fingerprint density at radius 3 is 2.48 bits per heavy atom. The van der Waals surface area contributed by atoms with Gasteiger partial charge in [0, 0.05) is 7.05 Å². The van der Waals surface area contributed by atoms with Crippen LogP contribution in [0.25, 0.3) is 0 Å². The van der Waals surface area contributed by atoms with Crippen LogP contribution in [0.2, 0.25) is 0 Å². The van der Waals surface area contributed by atoms with E-state index >= 15 is 0 Å². The number of carbonyl (C=O) groups is 3. The summed E-state index contributed by atoms with van der Waals surface area (Å²) in [5, 5.41) is 8.03. The highest BCUT2D eigenvalue weighted by Crippen LogP contribution is 2.28. The van der Waals surface area contributed by atoms with E-state index < -0.39 is 17.5 Å². The predicted molar refractivity (Wildman–Crippen MR) is 83.7 cm³/mol. The van der Waals surface area contributed by atoms with Crippen molar-refractivity contribution in [3.8, 4) is 0 Å². The highest BCUT2D eigenvalue weighted by Gasteiger charge is 2.41. The van der Waals surface area contributed by atoms with Gasteiger partial charge in [-0.25, -0.2) is 0 Å². The van der Waals surface area contributed by atoms with Crippen molar-refractivity contribution in [2.75, 3.05) is 7.05 Å². The number of rotatable bonds is 5. The van der Waals surface area contributed by atoms with Crippen LogP contribution in [0, 0.1) is 0 Å². The second-order valence-electron chi connectivity index (χ2n) is 5.88. The van der Waals surface area contributed by atoms with Crippen molar-refractivity contribution in [2.45, 2.75) is 50.6 Å². The number of hydrogen-bond acceptors (Lipinski definition) is 4. The first-order valence-corrected chi connectivity index (χ1v) is 7.87. The van der Waals surface area contributed by atoms with E-state index in [4.69, 9.17) is 4.42 Å². The second-order valence-corrected chi connectivity index (χ2v) is 5.88. The minimum Gasteiger partial charge on any atom is -0.459 e. The van der Waals surface area contributed by atoms with Gasteiger partial charge < -0.3 is 20.4 Å². The fraction of sp³-hybridized carbons (Fsp3) is 0.562. The maximum atomic E-state index is 12.4. The number of hydrogen-bond donors (Lipinski definition) is 3. The monoisotopic (exact) mass is 321 g/mol. The van der Waals surface area contributed by atoms with Crippen molar-refractivity contribution >= 4 is 17.7 Å². The maximum absolute atomic E-state index is 12.4.